The molecule has 0 aliphatic carbocycles. The van der Waals surface area contributed by atoms with Crippen LogP contribution in [0.25, 0.3) is 0 Å². The highest BCUT2D eigenvalue weighted by Gasteiger charge is 2.26. The van der Waals surface area contributed by atoms with E-state index < -0.39 is 5.41 Å². The first-order valence-electron chi connectivity index (χ1n) is 8.75. The van der Waals surface area contributed by atoms with Crippen LogP contribution in [-0.2, 0) is 9.59 Å². The lowest BCUT2D eigenvalue weighted by molar-refractivity contribution is -0.120. The van der Waals surface area contributed by atoms with Gasteiger partial charge in [0.15, 0.2) is 0 Å². The minimum atomic E-state index is -0.604. The highest BCUT2D eigenvalue weighted by Crippen LogP contribution is 2.30. The monoisotopic (exact) mass is 370 g/mol. The van der Waals surface area contributed by atoms with Crippen LogP contribution in [-0.4, -0.2) is 22.0 Å². The first kappa shape index (κ1) is 20.3. The quantitative estimate of drug-likeness (QED) is 0.575. The molecule has 2 rings (SSSR count). The zero-order valence-corrected chi connectivity index (χ0v) is 16.1. The van der Waals surface area contributed by atoms with E-state index >= 15 is 0 Å². The summed E-state index contributed by atoms with van der Waals surface area (Å²) < 4.78 is 0. The van der Waals surface area contributed by atoms with Gasteiger partial charge in [-0.3, -0.25) is 9.59 Å². The van der Waals surface area contributed by atoms with Crippen LogP contribution in [0, 0.1) is 19.3 Å². The summed E-state index contributed by atoms with van der Waals surface area (Å²) in [5.74, 6) is -0.571. The fourth-order valence-corrected chi connectivity index (χ4v) is 2.82. The number of hydrogen-bond donors (Lipinski definition) is 4. The molecular weight excluding hydrogens is 344 g/mol. The Morgan fingerprint density at radius 3 is 1.56 bits per heavy atom. The summed E-state index contributed by atoms with van der Waals surface area (Å²) in [6, 6.07) is 9.93. The third kappa shape index (κ3) is 6.02. The number of amides is 2. The summed E-state index contributed by atoms with van der Waals surface area (Å²) >= 11 is 0. The van der Waals surface area contributed by atoms with Crippen LogP contribution in [0.3, 0.4) is 0 Å². The maximum atomic E-state index is 12.3. The molecule has 0 fully saturated rings. The standard InChI is InChI=1S/C21H26N2O4/c1-13-5-7-17(24)15(9-13)22-19(26)11-21(3,4)12-20(27)23-16-10-14(2)6-8-18(16)25/h5-10,24-25H,11-12H2,1-4H3,(H,22,26)(H,23,27). The number of carbonyl (C=O) groups is 2. The minimum absolute atomic E-state index is 0.000535. The lowest BCUT2D eigenvalue weighted by Gasteiger charge is -2.23. The Morgan fingerprint density at radius 2 is 1.19 bits per heavy atom. The van der Waals surface area contributed by atoms with E-state index in [1.165, 1.54) is 12.1 Å². The van der Waals surface area contributed by atoms with Crippen molar-refractivity contribution >= 4 is 23.2 Å². The van der Waals surface area contributed by atoms with Gasteiger partial charge in [0.1, 0.15) is 11.5 Å². The van der Waals surface area contributed by atoms with Gasteiger partial charge in [0, 0.05) is 12.8 Å². The number of anilines is 2. The van der Waals surface area contributed by atoms with E-state index in [0.717, 1.165) is 11.1 Å². The molecule has 0 unspecified atom stereocenters. The van der Waals surface area contributed by atoms with Crippen molar-refractivity contribution in [3.05, 3.63) is 47.5 Å². The minimum Gasteiger partial charge on any atom is -0.506 e. The zero-order chi connectivity index (χ0) is 20.2. The van der Waals surface area contributed by atoms with E-state index in [4.69, 9.17) is 0 Å². The molecular formula is C21H26N2O4. The second-order valence-corrected chi connectivity index (χ2v) is 7.66. The molecule has 0 atom stereocenters. The zero-order valence-electron chi connectivity index (χ0n) is 16.1. The molecule has 0 saturated carbocycles. The molecule has 0 spiro atoms. The smallest absolute Gasteiger partial charge is 0.225 e. The Kier molecular flexibility index (Phi) is 6.10. The fraction of sp³-hybridized carbons (Fsp3) is 0.333. The van der Waals surface area contributed by atoms with Crippen LogP contribution in [0.2, 0.25) is 0 Å². The molecule has 0 aliphatic rings. The van der Waals surface area contributed by atoms with Gasteiger partial charge >= 0.3 is 0 Å². The molecule has 0 radical (unpaired) electrons. The fourth-order valence-electron chi connectivity index (χ4n) is 2.82. The van der Waals surface area contributed by atoms with E-state index in [1.807, 2.05) is 27.7 Å². The number of phenols is 2. The van der Waals surface area contributed by atoms with Crippen LogP contribution in [0.15, 0.2) is 36.4 Å². The molecule has 2 aromatic rings. The molecule has 2 amide bonds. The van der Waals surface area contributed by atoms with Crippen LogP contribution >= 0.6 is 0 Å². The number of rotatable bonds is 6. The first-order chi connectivity index (χ1) is 12.6. The van der Waals surface area contributed by atoms with Crippen LogP contribution in [0.1, 0.15) is 37.8 Å². The molecule has 0 aliphatic heterocycles. The molecule has 0 bridgehead atoms. The molecule has 0 heterocycles. The number of nitrogens with one attached hydrogen (secondary N) is 2. The number of aryl methyl sites for hydroxylation is 2. The van der Waals surface area contributed by atoms with Crippen molar-refractivity contribution in [2.24, 2.45) is 5.41 Å². The van der Waals surface area contributed by atoms with Crippen LogP contribution in [0.4, 0.5) is 11.4 Å². The van der Waals surface area contributed by atoms with Gasteiger partial charge in [-0.15, -0.1) is 0 Å². The molecule has 6 nitrogen and oxygen atoms in total. The van der Waals surface area contributed by atoms with Crippen molar-refractivity contribution in [2.75, 3.05) is 10.6 Å². The largest absolute Gasteiger partial charge is 0.506 e. The van der Waals surface area contributed by atoms with Crippen molar-refractivity contribution in [3.8, 4) is 11.5 Å². The summed E-state index contributed by atoms with van der Waals surface area (Å²) in [5.41, 5.74) is 1.93. The number of hydrogen-bond acceptors (Lipinski definition) is 4. The number of aromatic hydroxyl groups is 2. The van der Waals surface area contributed by atoms with E-state index in [0.29, 0.717) is 11.4 Å². The number of phenolic OH excluding ortho intramolecular Hbond substituents is 2. The maximum Gasteiger partial charge on any atom is 0.225 e. The van der Waals surface area contributed by atoms with Gasteiger partial charge in [0.2, 0.25) is 11.8 Å². The normalized spacial score (nSPS) is 11.1. The van der Waals surface area contributed by atoms with Gasteiger partial charge < -0.3 is 20.8 Å². The van der Waals surface area contributed by atoms with Gasteiger partial charge in [0.05, 0.1) is 11.4 Å². The van der Waals surface area contributed by atoms with Crippen LogP contribution < -0.4 is 10.6 Å². The molecule has 4 N–H and O–H groups in total. The maximum absolute atomic E-state index is 12.3. The van der Waals surface area contributed by atoms with E-state index in [9.17, 15) is 19.8 Å². The van der Waals surface area contributed by atoms with Crippen molar-refractivity contribution in [1.82, 2.24) is 0 Å². The Morgan fingerprint density at radius 1 is 0.815 bits per heavy atom. The molecule has 27 heavy (non-hydrogen) atoms. The highest BCUT2D eigenvalue weighted by atomic mass is 16.3. The van der Waals surface area contributed by atoms with Crippen molar-refractivity contribution in [2.45, 2.75) is 40.5 Å². The summed E-state index contributed by atoms with van der Waals surface area (Å²) in [5, 5.41) is 25.0. The lowest BCUT2D eigenvalue weighted by Crippen LogP contribution is -2.27. The van der Waals surface area contributed by atoms with E-state index in [2.05, 4.69) is 10.6 Å². The van der Waals surface area contributed by atoms with Crippen molar-refractivity contribution < 1.29 is 19.8 Å². The van der Waals surface area contributed by atoms with Crippen molar-refractivity contribution in [1.29, 1.82) is 0 Å². The Hall–Kier alpha value is -3.02. The molecule has 2 aromatic carbocycles. The van der Waals surface area contributed by atoms with E-state index in [1.54, 1.807) is 24.3 Å². The molecule has 6 heteroatoms. The average molecular weight is 370 g/mol. The molecule has 0 aromatic heterocycles. The number of carbonyl (C=O) groups excluding carboxylic acids is 2. The van der Waals surface area contributed by atoms with Gasteiger partial charge in [-0.05, 0) is 54.7 Å². The first-order valence-corrected chi connectivity index (χ1v) is 8.75. The van der Waals surface area contributed by atoms with Gasteiger partial charge in [-0.25, -0.2) is 0 Å². The second-order valence-electron chi connectivity index (χ2n) is 7.66. The Balaban J connectivity index is 1.97. The highest BCUT2D eigenvalue weighted by molar-refractivity contribution is 5.95. The molecule has 0 saturated heterocycles. The summed E-state index contributed by atoms with van der Waals surface area (Å²) in [6.07, 6.45) is 0.210. The summed E-state index contributed by atoms with van der Waals surface area (Å²) in [7, 11) is 0. The Labute approximate surface area is 159 Å². The summed E-state index contributed by atoms with van der Waals surface area (Å²) in [6.45, 7) is 7.37. The SMILES string of the molecule is Cc1ccc(O)c(NC(=O)CC(C)(C)CC(=O)Nc2cc(C)ccc2O)c1. The third-order valence-corrected chi connectivity index (χ3v) is 4.13. The summed E-state index contributed by atoms with van der Waals surface area (Å²) in [4.78, 5) is 24.7. The predicted molar refractivity (Wildman–Crippen MR) is 106 cm³/mol. The van der Waals surface area contributed by atoms with Crippen LogP contribution in [0.5, 0.6) is 11.5 Å². The molecule has 144 valence electrons. The van der Waals surface area contributed by atoms with Gasteiger partial charge in [0.25, 0.3) is 0 Å². The van der Waals surface area contributed by atoms with Gasteiger partial charge in [-0.2, -0.15) is 0 Å². The Bertz CT molecular complexity index is 790. The van der Waals surface area contributed by atoms with Gasteiger partial charge in [-0.1, -0.05) is 26.0 Å². The topological polar surface area (TPSA) is 98.7 Å². The number of benzene rings is 2. The third-order valence-electron chi connectivity index (χ3n) is 4.13. The average Bonchev–Trinajstić information content (AvgIpc) is 2.53. The predicted octanol–water partition coefficient (Wildman–Crippen LogP) is 4.10. The second kappa shape index (κ2) is 8.12. The van der Waals surface area contributed by atoms with Crippen molar-refractivity contribution in [3.63, 3.8) is 0 Å². The lowest BCUT2D eigenvalue weighted by atomic mass is 9.85. The van der Waals surface area contributed by atoms with E-state index in [-0.39, 0.29) is 36.2 Å².